The molecule has 0 aliphatic carbocycles. The molecule has 0 amide bonds. The molecule has 2 heteroatoms. The van der Waals surface area contributed by atoms with Gasteiger partial charge in [-0.3, -0.25) is 0 Å². The Kier molecular flexibility index (Phi) is 7.87. The maximum absolute atomic E-state index is 9.83. The molecule has 0 unspecified atom stereocenters. The molecule has 1 saturated heterocycles. The standard InChI is InChI=1S/C15H30O2/c1-3-5-7-9-11-14-15(17-14)12-13(16)10-8-6-4-2/h13-16H,3-12H2,1-2H3/t13-,14+,15-/m0/s1. The van der Waals surface area contributed by atoms with E-state index in [0.717, 1.165) is 19.3 Å². The second-order valence-electron chi connectivity index (χ2n) is 5.45. The molecule has 0 bridgehead atoms. The Morgan fingerprint density at radius 3 is 2.35 bits per heavy atom. The van der Waals surface area contributed by atoms with Crippen LogP contribution < -0.4 is 0 Å². The van der Waals surface area contributed by atoms with Gasteiger partial charge in [-0.25, -0.2) is 0 Å². The van der Waals surface area contributed by atoms with Crippen molar-refractivity contribution >= 4 is 0 Å². The van der Waals surface area contributed by atoms with Crippen LogP contribution in [0.3, 0.4) is 0 Å². The van der Waals surface area contributed by atoms with Crippen LogP contribution in [0.15, 0.2) is 0 Å². The van der Waals surface area contributed by atoms with Gasteiger partial charge in [0.05, 0.1) is 18.3 Å². The molecule has 1 heterocycles. The number of hydrogen-bond donors (Lipinski definition) is 1. The third kappa shape index (κ3) is 7.05. The van der Waals surface area contributed by atoms with Crippen molar-refractivity contribution in [3.05, 3.63) is 0 Å². The Balaban J connectivity index is 1.92. The molecule has 1 N–H and O–H groups in total. The lowest BCUT2D eigenvalue weighted by atomic mass is 10.0. The third-order valence-corrected chi connectivity index (χ3v) is 3.68. The van der Waals surface area contributed by atoms with Crippen molar-refractivity contribution in [3.8, 4) is 0 Å². The summed E-state index contributed by atoms with van der Waals surface area (Å²) in [4.78, 5) is 0. The second-order valence-corrected chi connectivity index (χ2v) is 5.45. The summed E-state index contributed by atoms with van der Waals surface area (Å²) in [5.41, 5.74) is 0. The van der Waals surface area contributed by atoms with E-state index < -0.39 is 0 Å². The molecule has 1 fully saturated rings. The fraction of sp³-hybridized carbons (Fsp3) is 1.00. The highest BCUT2D eigenvalue weighted by atomic mass is 16.6. The van der Waals surface area contributed by atoms with E-state index in [0.29, 0.717) is 12.2 Å². The summed E-state index contributed by atoms with van der Waals surface area (Å²) in [6.45, 7) is 4.44. The molecule has 1 rings (SSSR count). The van der Waals surface area contributed by atoms with Gasteiger partial charge in [0.25, 0.3) is 0 Å². The van der Waals surface area contributed by atoms with Crippen molar-refractivity contribution in [2.45, 2.75) is 96.4 Å². The molecule has 2 nitrogen and oxygen atoms in total. The average Bonchev–Trinajstić information content (AvgIpc) is 3.03. The topological polar surface area (TPSA) is 32.8 Å². The van der Waals surface area contributed by atoms with Crippen LogP contribution in [0.25, 0.3) is 0 Å². The lowest BCUT2D eigenvalue weighted by Gasteiger charge is -2.07. The van der Waals surface area contributed by atoms with Crippen LogP contribution in [0.4, 0.5) is 0 Å². The first-order chi connectivity index (χ1) is 8.27. The van der Waals surface area contributed by atoms with E-state index in [9.17, 15) is 5.11 Å². The minimum atomic E-state index is -0.132. The molecule has 0 aromatic carbocycles. The molecule has 0 saturated carbocycles. The first-order valence-corrected chi connectivity index (χ1v) is 7.61. The van der Waals surface area contributed by atoms with E-state index in [1.165, 1.54) is 44.9 Å². The van der Waals surface area contributed by atoms with Gasteiger partial charge < -0.3 is 9.84 Å². The van der Waals surface area contributed by atoms with E-state index in [1.54, 1.807) is 0 Å². The molecule has 1 aliphatic rings. The number of aliphatic hydroxyl groups is 1. The molecule has 1 aliphatic heterocycles. The Morgan fingerprint density at radius 1 is 0.941 bits per heavy atom. The van der Waals surface area contributed by atoms with E-state index in [1.807, 2.05) is 0 Å². The number of hydrogen-bond acceptors (Lipinski definition) is 2. The van der Waals surface area contributed by atoms with Crippen LogP contribution in [0.1, 0.15) is 78.1 Å². The van der Waals surface area contributed by atoms with Gasteiger partial charge >= 0.3 is 0 Å². The van der Waals surface area contributed by atoms with Gasteiger partial charge in [-0.05, 0) is 12.8 Å². The lowest BCUT2D eigenvalue weighted by Crippen LogP contribution is -2.11. The highest BCUT2D eigenvalue weighted by Crippen LogP contribution is 2.31. The summed E-state index contributed by atoms with van der Waals surface area (Å²) in [6.07, 6.45) is 12.6. The molecular weight excluding hydrogens is 212 g/mol. The van der Waals surface area contributed by atoms with Gasteiger partial charge in [-0.1, -0.05) is 58.8 Å². The molecule has 3 atom stereocenters. The number of rotatable bonds is 11. The highest BCUT2D eigenvalue weighted by Gasteiger charge is 2.38. The first-order valence-electron chi connectivity index (χ1n) is 7.61. The maximum atomic E-state index is 9.83. The summed E-state index contributed by atoms with van der Waals surface area (Å²) in [5, 5.41) is 9.83. The fourth-order valence-electron chi connectivity index (χ4n) is 2.43. The Hall–Kier alpha value is -0.0800. The summed E-state index contributed by atoms with van der Waals surface area (Å²) in [5.74, 6) is 0. The summed E-state index contributed by atoms with van der Waals surface area (Å²) in [7, 11) is 0. The van der Waals surface area contributed by atoms with Gasteiger partial charge in [0, 0.05) is 6.42 Å². The van der Waals surface area contributed by atoms with Crippen LogP contribution in [-0.4, -0.2) is 23.4 Å². The number of epoxide rings is 1. The maximum Gasteiger partial charge on any atom is 0.0866 e. The predicted molar refractivity (Wildman–Crippen MR) is 72.2 cm³/mol. The normalized spacial score (nSPS) is 24.9. The first kappa shape index (κ1) is 15.0. The Labute approximate surface area is 107 Å². The largest absolute Gasteiger partial charge is 0.393 e. The molecular formula is C15H30O2. The van der Waals surface area contributed by atoms with Gasteiger partial charge in [-0.2, -0.15) is 0 Å². The monoisotopic (exact) mass is 242 g/mol. The van der Waals surface area contributed by atoms with Crippen molar-refractivity contribution in [3.63, 3.8) is 0 Å². The van der Waals surface area contributed by atoms with Crippen molar-refractivity contribution in [1.29, 1.82) is 0 Å². The lowest BCUT2D eigenvalue weighted by molar-refractivity contribution is 0.139. The molecule has 0 aromatic heterocycles. The molecule has 0 radical (unpaired) electrons. The minimum absolute atomic E-state index is 0.132. The third-order valence-electron chi connectivity index (χ3n) is 3.68. The SMILES string of the molecule is CCCCCC[C@H]1O[C@H]1C[C@@H](O)CCCCC. The van der Waals surface area contributed by atoms with Crippen LogP contribution in [-0.2, 0) is 4.74 Å². The summed E-state index contributed by atoms with van der Waals surface area (Å²) in [6, 6.07) is 0. The molecule has 0 aromatic rings. The van der Waals surface area contributed by atoms with E-state index in [4.69, 9.17) is 4.74 Å². The molecule has 102 valence electrons. The Morgan fingerprint density at radius 2 is 1.65 bits per heavy atom. The Bertz CT molecular complexity index is 182. The number of ether oxygens (including phenoxy) is 1. The quantitative estimate of drug-likeness (QED) is 0.438. The fourth-order valence-corrected chi connectivity index (χ4v) is 2.43. The van der Waals surface area contributed by atoms with Crippen molar-refractivity contribution in [2.24, 2.45) is 0 Å². The van der Waals surface area contributed by atoms with Gasteiger partial charge in [0.15, 0.2) is 0 Å². The molecule has 0 spiro atoms. The van der Waals surface area contributed by atoms with E-state index in [2.05, 4.69) is 13.8 Å². The van der Waals surface area contributed by atoms with E-state index in [-0.39, 0.29) is 6.10 Å². The highest BCUT2D eigenvalue weighted by molar-refractivity contribution is 4.86. The van der Waals surface area contributed by atoms with Gasteiger partial charge in [0.2, 0.25) is 0 Å². The van der Waals surface area contributed by atoms with Crippen LogP contribution in [0, 0.1) is 0 Å². The second kappa shape index (κ2) is 8.93. The van der Waals surface area contributed by atoms with Crippen LogP contribution in [0.5, 0.6) is 0 Å². The summed E-state index contributed by atoms with van der Waals surface area (Å²) >= 11 is 0. The number of unbranched alkanes of at least 4 members (excludes halogenated alkanes) is 5. The smallest absolute Gasteiger partial charge is 0.0866 e. The summed E-state index contributed by atoms with van der Waals surface area (Å²) < 4.78 is 5.61. The predicted octanol–water partition coefficient (Wildman–Crippen LogP) is 4.06. The number of aliphatic hydroxyl groups excluding tert-OH is 1. The van der Waals surface area contributed by atoms with Crippen LogP contribution >= 0.6 is 0 Å². The van der Waals surface area contributed by atoms with Gasteiger partial charge in [-0.15, -0.1) is 0 Å². The molecule has 17 heavy (non-hydrogen) atoms. The van der Waals surface area contributed by atoms with Crippen molar-refractivity contribution in [1.82, 2.24) is 0 Å². The van der Waals surface area contributed by atoms with E-state index >= 15 is 0 Å². The zero-order valence-corrected chi connectivity index (χ0v) is 11.7. The zero-order chi connectivity index (χ0) is 12.5. The average molecular weight is 242 g/mol. The zero-order valence-electron chi connectivity index (χ0n) is 11.7. The van der Waals surface area contributed by atoms with Crippen molar-refractivity contribution in [2.75, 3.05) is 0 Å². The van der Waals surface area contributed by atoms with Gasteiger partial charge in [0.1, 0.15) is 0 Å². The minimum Gasteiger partial charge on any atom is -0.393 e. The van der Waals surface area contributed by atoms with Crippen molar-refractivity contribution < 1.29 is 9.84 Å². The van der Waals surface area contributed by atoms with Crippen LogP contribution in [0.2, 0.25) is 0 Å².